The van der Waals surface area contributed by atoms with Crippen LogP contribution in [0.4, 0.5) is 10.2 Å². The number of hydrogen-bond donors (Lipinski definition) is 1. The maximum atomic E-state index is 12.9. The van der Waals surface area contributed by atoms with Gasteiger partial charge in [0.2, 0.25) is 0 Å². The summed E-state index contributed by atoms with van der Waals surface area (Å²) in [5, 5.41) is 2.68. The van der Waals surface area contributed by atoms with Crippen molar-refractivity contribution in [1.29, 1.82) is 0 Å². The summed E-state index contributed by atoms with van der Waals surface area (Å²) in [4.78, 5) is 16.1. The van der Waals surface area contributed by atoms with Crippen LogP contribution in [0, 0.1) is 12.7 Å². The number of aryl methyl sites for hydroxylation is 1. The number of pyridine rings is 1. The van der Waals surface area contributed by atoms with E-state index in [9.17, 15) is 9.18 Å². The van der Waals surface area contributed by atoms with Crippen molar-refractivity contribution in [2.45, 2.75) is 6.92 Å². The minimum atomic E-state index is -0.396. The summed E-state index contributed by atoms with van der Waals surface area (Å²) in [5.41, 5.74) is 1.23. The van der Waals surface area contributed by atoms with E-state index in [1.165, 1.54) is 18.2 Å². The average molecular weight is 309 g/mol. The third-order valence-electron chi connectivity index (χ3n) is 2.42. The largest absolute Gasteiger partial charge is 0.306 e. The SMILES string of the molecule is Cc1cccnc1NC(=O)c1ccc(F)cc1Br. The fraction of sp³-hybridized carbons (Fsp3) is 0.0769. The number of carbonyl (C=O) groups is 1. The van der Waals surface area contributed by atoms with Gasteiger partial charge < -0.3 is 5.32 Å². The Hall–Kier alpha value is -1.75. The molecule has 0 saturated heterocycles. The summed E-state index contributed by atoms with van der Waals surface area (Å²) in [6.07, 6.45) is 1.60. The van der Waals surface area contributed by atoms with Crippen molar-refractivity contribution < 1.29 is 9.18 Å². The molecular formula is C13H10BrFN2O. The van der Waals surface area contributed by atoms with Gasteiger partial charge in [-0.1, -0.05) is 6.07 Å². The first-order chi connectivity index (χ1) is 8.58. The third-order valence-corrected chi connectivity index (χ3v) is 3.07. The van der Waals surface area contributed by atoms with Gasteiger partial charge in [0.05, 0.1) is 5.56 Å². The van der Waals surface area contributed by atoms with E-state index in [1.807, 2.05) is 13.0 Å². The first kappa shape index (κ1) is 12.7. The molecule has 1 N–H and O–H groups in total. The van der Waals surface area contributed by atoms with Crippen molar-refractivity contribution in [1.82, 2.24) is 4.98 Å². The van der Waals surface area contributed by atoms with Gasteiger partial charge in [-0.15, -0.1) is 0 Å². The Morgan fingerprint density at radius 2 is 2.17 bits per heavy atom. The fourth-order valence-electron chi connectivity index (χ4n) is 1.47. The molecule has 0 radical (unpaired) electrons. The molecule has 92 valence electrons. The number of amides is 1. The van der Waals surface area contributed by atoms with Crippen LogP contribution < -0.4 is 5.32 Å². The van der Waals surface area contributed by atoms with Crippen molar-refractivity contribution >= 4 is 27.7 Å². The molecule has 0 atom stereocenters. The van der Waals surface area contributed by atoms with Crippen LogP contribution in [0.25, 0.3) is 0 Å². The molecule has 0 aliphatic carbocycles. The standard InChI is InChI=1S/C13H10BrFN2O/c1-8-3-2-6-16-12(8)17-13(18)10-5-4-9(15)7-11(10)14/h2-7H,1H3,(H,16,17,18). The van der Waals surface area contributed by atoms with Gasteiger partial charge in [0.1, 0.15) is 11.6 Å². The second kappa shape index (κ2) is 5.27. The Labute approximate surface area is 112 Å². The zero-order chi connectivity index (χ0) is 13.1. The lowest BCUT2D eigenvalue weighted by molar-refractivity contribution is 0.102. The molecule has 0 saturated carbocycles. The van der Waals surface area contributed by atoms with E-state index in [0.29, 0.717) is 15.9 Å². The van der Waals surface area contributed by atoms with Crippen LogP contribution in [0.1, 0.15) is 15.9 Å². The highest BCUT2D eigenvalue weighted by Gasteiger charge is 2.12. The van der Waals surface area contributed by atoms with Crippen molar-refractivity contribution in [3.05, 3.63) is 57.9 Å². The molecule has 5 heteroatoms. The second-order valence-corrected chi connectivity index (χ2v) is 4.60. The van der Waals surface area contributed by atoms with Crippen LogP contribution in [0.3, 0.4) is 0 Å². The van der Waals surface area contributed by atoms with E-state index < -0.39 is 5.82 Å². The summed E-state index contributed by atoms with van der Waals surface area (Å²) < 4.78 is 13.3. The van der Waals surface area contributed by atoms with Crippen molar-refractivity contribution in [2.24, 2.45) is 0 Å². The van der Waals surface area contributed by atoms with E-state index >= 15 is 0 Å². The Morgan fingerprint density at radius 1 is 1.39 bits per heavy atom. The molecule has 0 fully saturated rings. The molecule has 3 nitrogen and oxygen atoms in total. The van der Waals surface area contributed by atoms with Gasteiger partial charge in [-0.3, -0.25) is 4.79 Å². The number of benzene rings is 1. The highest BCUT2D eigenvalue weighted by atomic mass is 79.9. The van der Waals surface area contributed by atoms with Crippen LogP contribution in [-0.4, -0.2) is 10.9 Å². The van der Waals surface area contributed by atoms with Crippen molar-refractivity contribution in [2.75, 3.05) is 5.32 Å². The smallest absolute Gasteiger partial charge is 0.257 e. The summed E-state index contributed by atoms with van der Waals surface area (Å²) in [6, 6.07) is 7.55. The van der Waals surface area contributed by atoms with Gasteiger partial charge in [-0.05, 0) is 52.7 Å². The van der Waals surface area contributed by atoms with Crippen LogP contribution in [0.2, 0.25) is 0 Å². The predicted molar refractivity (Wildman–Crippen MR) is 71.0 cm³/mol. The second-order valence-electron chi connectivity index (χ2n) is 3.75. The van der Waals surface area contributed by atoms with Crippen molar-refractivity contribution in [3.8, 4) is 0 Å². The molecule has 1 amide bonds. The Kier molecular flexibility index (Phi) is 3.72. The van der Waals surface area contributed by atoms with E-state index in [4.69, 9.17) is 0 Å². The van der Waals surface area contributed by atoms with Gasteiger partial charge in [0, 0.05) is 10.7 Å². The maximum absolute atomic E-state index is 12.9. The number of anilines is 1. The molecule has 1 aromatic carbocycles. The minimum absolute atomic E-state index is 0.330. The van der Waals surface area contributed by atoms with Crippen LogP contribution in [0.15, 0.2) is 41.0 Å². The van der Waals surface area contributed by atoms with E-state index in [0.717, 1.165) is 5.56 Å². The van der Waals surface area contributed by atoms with Gasteiger partial charge in [0.15, 0.2) is 0 Å². The summed E-state index contributed by atoms with van der Waals surface area (Å²) >= 11 is 3.16. The fourth-order valence-corrected chi connectivity index (χ4v) is 2.00. The topological polar surface area (TPSA) is 42.0 Å². The lowest BCUT2D eigenvalue weighted by Gasteiger charge is -2.08. The summed E-state index contributed by atoms with van der Waals surface area (Å²) in [6.45, 7) is 1.85. The number of aromatic nitrogens is 1. The molecule has 0 bridgehead atoms. The number of halogens is 2. The Morgan fingerprint density at radius 3 is 2.83 bits per heavy atom. The van der Waals surface area contributed by atoms with Crippen LogP contribution in [0.5, 0.6) is 0 Å². The number of carbonyl (C=O) groups excluding carboxylic acids is 1. The number of nitrogens with zero attached hydrogens (tertiary/aromatic N) is 1. The molecule has 1 heterocycles. The Bertz CT molecular complexity index is 601. The van der Waals surface area contributed by atoms with Gasteiger partial charge in [-0.2, -0.15) is 0 Å². The highest BCUT2D eigenvalue weighted by molar-refractivity contribution is 9.10. The summed E-state index contributed by atoms with van der Waals surface area (Å²) in [7, 11) is 0. The van der Waals surface area contributed by atoms with Crippen LogP contribution in [-0.2, 0) is 0 Å². The molecule has 2 aromatic rings. The summed E-state index contributed by atoms with van der Waals surface area (Å²) in [5.74, 6) is -0.227. The van der Waals surface area contributed by atoms with Crippen LogP contribution >= 0.6 is 15.9 Å². The van der Waals surface area contributed by atoms with E-state index in [2.05, 4.69) is 26.2 Å². The molecule has 0 aliphatic heterocycles. The average Bonchev–Trinajstić information content (AvgIpc) is 2.32. The molecule has 0 aliphatic rings. The Balaban J connectivity index is 2.25. The predicted octanol–water partition coefficient (Wildman–Crippen LogP) is 3.54. The van der Waals surface area contributed by atoms with Crippen molar-refractivity contribution in [3.63, 3.8) is 0 Å². The molecule has 2 rings (SSSR count). The molecule has 1 aromatic heterocycles. The number of rotatable bonds is 2. The molecule has 18 heavy (non-hydrogen) atoms. The van der Waals surface area contributed by atoms with E-state index in [1.54, 1.807) is 12.3 Å². The molecule has 0 unspecified atom stereocenters. The third kappa shape index (κ3) is 2.73. The maximum Gasteiger partial charge on any atom is 0.257 e. The number of nitrogens with one attached hydrogen (secondary N) is 1. The number of hydrogen-bond acceptors (Lipinski definition) is 2. The zero-order valence-corrected chi connectivity index (χ0v) is 11.2. The lowest BCUT2D eigenvalue weighted by atomic mass is 10.2. The molecular weight excluding hydrogens is 299 g/mol. The highest BCUT2D eigenvalue weighted by Crippen LogP contribution is 2.19. The lowest BCUT2D eigenvalue weighted by Crippen LogP contribution is -2.14. The minimum Gasteiger partial charge on any atom is -0.306 e. The van der Waals surface area contributed by atoms with Gasteiger partial charge >= 0.3 is 0 Å². The monoisotopic (exact) mass is 308 g/mol. The zero-order valence-electron chi connectivity index (χ0n) is 9.58. The molecule has 0 spiro atoms. The van der Waals surface area contributed by atoms with E-state index in [-0.39, 0.29) is 5.91 Å². The first-order valence-electron chi connectivity index (χ1n) is 5.26. The van der Waals surface area contributed by atoms with Gasteiger partial charge in [-0.25, -0.2) is 9.37 Å². The van der Waals surface area contributed by atoms with Gasteiger partial charge in [0.25, 0.3) is 5.91 Å². The normalized spacial score (nSPS) is 10.2. The quantitative estimate of drug-likeness (QED) is 0.922. The first-order valence-corrected chi connectivity index (χ1v) is 6.05.